The Morgan fingerprint density at radius 3 is 2.39 bits per heavy atom. The predicted octanol–water partition coefficient (Wildman–Crippen LogP) is 6.10. The molecule has 0 spiro atoms. The van der Waals surface area contributed by atoms with Gasteiger partial charge < -0.3 is 9.64 Å². The fourth-order valence-electron chi connectivity index (χ4n) is 3.27. The molecule has 1 amide bonds. The van der Waals surface area contributed by atoms with Crippen LogP contribution in [0.15, 0.2) is 96.6 Å². The number of hydrogen-bond acceptors (Lipinski definition) is 4. The van der Waals surface area contributed by atoms with Crippen molar-refractivity contribution in [2.45, 2.75) is 19.7 Å². The zero-order valence-electron chi connectivity index (χ0n) is 17.9. The highest BCUT2D eigenvalue weighted by atomic mass is 32.1. The summed E-state index contributed by atoms with van der Waals surface area (Å²) in [4.78, 5) is 19.9. The van der Waals surface area contributed by atoms with E-state index in [-0.39, 0.29) is 18.3 Å². The third-order valence-corrected chi connectivity index (χ3v) is 5.80. The van der Waals surface area contributed by atoms with Crippen molar-refractivity contribution in [3.8, 4) is 5.75 Å². The Labute approximate surface area is 196 Å². The van der Waals surface area contributed by atoms with Crippen LogP contribution in [0, 0.1) is 5.82 Å². The third-order valence-electron chi connectivity index (χ3n) is 4.96. The zero-order valence-corrected chi connectivity index (χ0v) is 18.7. The van der Waals surface area contributed by atoms with Gasteiger partial charge in [0.1, 0.15) is 18.2 Å². The Hall–Kier alpha value is -3.77. The van der Waals surface area contributed by atoms with Gasteiger partial charge in [-0.25, -0.2) is 4.39 Å². The van der Waals surface area contributed by atoms with E-state index in [1.54, 1.807) is 40.8 Å². The normalized spacial score (nSPS) is 10.9. The van der Waals surface area contributed by atoms with Crippen molar-refractivity contribution in [2.75, 3.05) is 0 Å². The molecule has 0 atom stereocenters. The molecule has 0 saturated heterocycles. The van der Waals surface area contributed by atoms with Crippen LogP contribution in [0.1, 0.15) is 21.6 Å². The summed E-state index contributed by atoms with van der Waals surface area (Å²) in [5, 5.41) is 1.98. The maximum Gasteiger partial charge on any atom is 0.247 e. The molecule has 0 N–H and O–H groups in total. The van der Waals surface area contributed by atoms with Crippen LogP contribution < -0.4 is 4.74 Å². The summed E-state index contributed by atoms with van der Waals surface area (Å²) >= 11 is 1.59. The van der Waals surface area contributed by atoms with Crippen LogP contribution in [0.3, 0.4) is 0 Å². The molecule has 0 aliphatic carbocycles. The molecule has 4 rings (SSSR count). The van der Waals surface area contributed by atoms with Gasteiger partial charge in [-0.3, -0.25) is 9.78 Å². The molecule has 0 fully saturated rings. The fourth-order valence-corrected chi connectivity index (χ4v) is 3.89. The average Bonchev–Trinajstić information content (AvgIpc) is 3.36. The Morgan fingerprint density at radius 2 is 1.70 bits per heavy atom. The number of carbonyl (C=O) groups is 1. The minimum Gasteiger partial charge on any atom is -0.489 e. The fraction of sp³-hybridized carbons (Fsp3) is 0.111. The second-order valence-corrected chi connectivity index (χ2v) is 8.44. The van der Waals surface area contributed by atoms with Gasteiger partial charge in [0.05, 0.1) is 0 Å². The maximum absolute atomic E-state index is 13.3. The average molecular weight is 459 g/mol. The van der Waals surface area contributed by atoms with Crippen molar-refractivity contribution in [3.63, 3.8) is 0 Å². The van der Waals surface area contributed by atoms with Crippen molar-refractivity contribution in [1.29, 1.82) is 0 Å². The van der Waals surface area contributed by atoms with Crippen molar-refractivity contribution in [3.05, 3.63) is 124 Å². The monoisotopic (exact) mass is 458 g/mol. The molecule has 0 bridgehead atoms. The molecular weight excluding hydrogens is 435 g/mol. The number of halogens is 1. The first-order valence-corrected chi connectivity index (χ1v) is 11.4. The molecule has 0 radical (unpaired) electrons. The maximum atomic E-state index is 13.3. The Kier molecular flexibility index (Phi) is 7.61. The molecule has 6 heteroatoms. The lowest BCUT2D eigenvalue weighted by molar-refractivity contribution is -0.127. The van der Waals surface area contributed by atoms with Gasteiger partial charge in [0.2, 0.25) is 5.91 Å². The molecule has 2 aromatic heterocycles. The van der Waals surface area contributed by atoms with Crippen LogP contribution in [0.5, 0.6) is 5.75 Å². The van der Waals surface area contributed by atoms with Crippen LogP contribution in [0.4, 0.5) is 4.39 Å². The minimum atomic E-state index is -0.279. The summed E-state index contributed by atoms with van der Waals surface area (Å²) in [5.41, 5.74) is 2.77. The lowest BCUT2D eigenvalue weighted by atomic mass is 10.1. The summed E-state index contributed by atoms with van der Waals surface area (Å²) in [6.07, 6.45) is 6.91. The molecule has 0 aliphatic rings. The molecule has 166 valence electrons. The van der Waals surface area contributed by atoms with E-state index in [0.717, 1.165) is 21.6 Å². The highest BCUT2D eigenvalue weighted by molar-refractivity contribution is 7.10. The second kappa shape index (κ2) is 11.2. The number of thiophene rings is 1. The van der Waals surface area contributed by atoms with Gasteiger partial charge in [-0.15, -0.1) is 11.3 Å². The number of amides is 1. The van der Waals surface area contributed by atoms with Crippen molar-refractivity contribution < 1.29 is 13.9 Å². The van der Waals surface area contributed by atoms with E-state index in [2.05, 4.69) is 4.98 Å². The number of aromatic nitrogens is 1. The molecule has 2 heterocycles. The largest absolute Gasteiger partial charge is 0.489 e. The summed E-state index contributed by atoms with van der Waals surface area (Å²) in [7, 11) is 0. The molecule has 33 heavy (non-hydrogen) atoms. The van der Waals surface area contributed by atoms with E-state index >= 15 is 0 Å². The van der Waals surface area contributed by atoms with Crippen LogP contribution in [0.25, 0.3) is 6.08 Å². The number of nitrogens with zero attached hydrogens (tertiary/aromatic N) is 2. The van der Waals surface area contributed by atoms with E-state index in [4.69, 9.17) is 4.74 Å². The summed E-state index contributed by atoms with van der Waals surface area (Å²) in [5.74, 6) is 0.345. The van der Waals surface area contributed by atoms with Gasteiger partial charge in [-0.2, -0.15) is 0 Å². The van der Waals surface area contributed by atoms with Crippen molar-refractivity contribution in [1.82, 2.24) is 9.88 Å². The smallest absolute Gasteiger partial charge is 0.247 e. The summed E-state index contributed by atoms with van der Waals surface area (Å²) < 4.78 is 19.1. The van der Waals surface area contributed by atoms with Gasteiger partial charge in [0.15, 0.2) is 0 Å². The van der Waals surface area contributed by atoms with Gasteiger partial charge in [0.25, 0.3) is 0 Å². The first-order valence-electron chi connectivity index (χ1n) is 10.5. The highest BCUT2D eigenvalue weighted by Crippen LogP contribution is 2.18. The molecule has 0 saturated carbocycles. The van der Waals surface area contributed by atoms with E-state index in [0.29, 0.717) is 18.8 Å². The van der Waals surface area contributed by atoms with Gasteiger partial charge in [0, 0.05) is 36.4 Å². The van der Waals surface area contributed by atoms with E-state index in [1.165, 1.54) is 12.1 Å². The summed E-state index contributed by atoms with van der Waals surface area (Å²) in [6, 6.07) is 21.7. The topological polar surface area (TPSA) is 42.4 Å². The number of benzene rings is 2. The number of ether oxygens (including phenoxy) is 1. The van der Waals surface area contributed by atoms with Crippen LogP contribution in [-0.4, -0.2) is 15.8 Å². The lowest BCUT2D eigenvalue weighted by Crippen LogP contribution is -2.28. The summed E-state index contributed by atoms with van der Waals surface area (Å²) in [6.45, 7) is 1.23. The first-order chi connectivity index (χ1) is 16.2. The number of hydrogen-bond donors (Lipinski definition) is 0. The van der Waals surface area contributed by atoms with Crippen LogP contribution in [-0.2, 0) is 24.5 Å². The van der Waals surface area contributed by atoms with Crippen LogP contribution >= 0.6 is 11.3 Å². The quantitative estimate of drug-likeness (QED) is 0.285. The van der Waals surface area contributed by atoms with Crippen molar-refractivity contribution in [2.24, 2.45) is 0 Å². The number of pyridine rings is 1. The van der Waals surface area contributed by atoms with E-state index in [9.17, 15) is 9.18 Å². The second-order valence-electron chi connectivity index (χ2n) is 7.46. The van der Waals surface area contributed by atoms with Crippen LogP contribution in [0.2, 0.25) is 0 Å². The van der Waals surface area contributed by atoms with Crippen molar-refractivity contribution >= 4 is 23.3 Å². The van der Waals surface area contributed by atoms with Gasteiger partial charge >= 0.3 is 0 Å². The Balaban J connectivity index is 1.42. The minimum absolute atomic E-state index is 0.0633. The molecule has 0 aliphatic heterocycles. The molecule has 2 aromatic carbocycles. The SMILES string of the molecule is O=C(/C=C/c1cccs1)N(Cc1ccncc1)Cc1ccc(OCc2cccc(F)c2)cc1. The Bertz CT molecular complexity index is 1190. The third kappa shape index (κ3) is 6.85. The zero-order chi connectivity index (χ0) is 22.9. The molecule has 4 aromatic rings. The molecular formula is C27H23FN2O2S. The van der Waals surface area contributed by atoms with E-state index in [1.807, 2.05) is 66.1 Å². The van der Waals surface area contributed by atoms with E-state index < -0.39 is 0 Å². The lowest BCUT2D eigenvalue weighted by Gasteiger charge is -2.22. The molecule has 0 unspecified atom stereocenters. The Morgan fingerprint density at radius 1 is 0.939 bits per heavy atom. The number of rotatable bonds is 9. The standard InChI is InChI=1S/C27H23FN2O2S/c28-24-4-1-3-23(17-24)20-32-25-8-6-21(7-9-25)18-30(19-22-12-14-29-15-13-22)27(31)11-10-26-5-2-16-33-26/h1-17H,18-20H2/b11-10+. The predicted molar refractivity (Wildman–Crippen MR) is 129 cm³/mol. The van der Waals surface area contributed by atoms with Gasteiger partial charge in [-0.05, 0) is 70.6 Å². The highest BCUT2D eigenvalue weighted by Gasteiger charge is 2.13. The first kappa shape index (κ1) is 22.4. The van der Waals surface area contributed by atoms with Gasteiger partial charge in [-0.1, -0.05) is 30.3 Å². The molecule has 4 nitrogen and oxygen atoms in total. The number of carbonyl (C=O) groups excluding carboxylic acids is 1.